The Hall–Kier alpha value is -0.370. The molecule has 1 rings (SSSR count). The van der Waals surface area contributed by atoms with Crippen LogP contribution >= 0.6 is 0 Å². The summed E-state index contributed by atoms with van der Waals surface area (Å²) in [6, 6.07) is 0. The quantitative estimate of drug-likeness (QED) is 0.645. The zero-order valence-electron chi connectivity index (χ0n) is 8.17. The van der Waals surface area contributed by atoms with Crippen LogP contribution < -0.4 is 0 Å². The maximum absolute atomic E-state index is 11.2. The highest BCUT2D eigenvalue weighted by atomic mass is 16.5. The molecule has 1 aliphatic rings. The molecule has 1 saturated carbocycles. The van der Waals surface area contributed by atoms with Crippen LogP contribution in [0.5, 0.6) is 0 Å². The predicted molar refractivity (Wildman–Crippen MR) is 48.0 cm³/mol. The average molecular weight is 170 g/mol. The molecule has 0 heterocycles. The van der Waals surface area contributed by atoms with Crippen LogP contribution in [0.1, 0.15) is 33.6 Å². The minimum absolute atomic E-state index is 0.199. The summed E-state index contributed by atoms with van der Waals surface area (Å²) in [5.74, 6) is 1.19. The van der Waals surface area contributed by atoms with Gasteiger partial charge in [0.05, 0.1) is 6.10 Å². The van der Waals surface area contributed by atoms with Crippen LogP contribution in [-0.4, -0.2) is 18.5 Å². The van der Waals surface area contributed by atoms with E-state index in [1.165, 1.54) is 0 Å². The molecule has 70 valence electrons. The third kappa shape index (κ3) is 2.07. The van der Waals surface area contributed by atoms with Crippen molar-refractivity contribution >= 4 is 5.78 Å². The Kier molecular flexibility index (Phi) is 3.27. The van der Waals surface area contributed by atoms with Gasteiger partial charge in [0.15, 0.2) is 0 Å². The van der Waals surface area contributed by atoms with Crippen LogP contribution in [0.15, 0.2) is 0 Å². The molecule has 0 aliphatic heterocycles. The fraction of sp³-hybridized carbons (Fsp3) is 0.900. The fourth-order valence-corrected chi connectivity index (χ4v) is 1.72. The maximum atomic E-state index is 11.2. The molecule has 0 unspecified atom stereocenters. The molecule has 2 atom stereocenters. The van der Waals surface area contributed by atoms with Gasteiger partial charge < -0.3 is 4.74 Å². The summed E-state index contributed by atoms with van der Waals surface area (Å²) in [6.45, 7) is 7.00. The number of hydrogen-bond donors (Lipinski definition) is 0. The number of hydrogen-bond acceptors (Lipinski definition) is 2. The minimum atomic E-state index is 0.199. The molecule has 0 aromatic heterocycles. The second-order valence-electron chi connectivity index (χ2n) is 3.90. The van der Waals surface area contributed by atoms with E-state index in [9.17, 15) is 4.79 Å². The number of carbonyl (C=O) groups excluding carboxylic acids is 1. The number of carbonyl (C=O) groups is 1. The van der Waals surface area contributed by atoms with Gasteiger partial charge in [0, 0.05) is 18.9 Å². The third-order valence-corrected chi connectivity index (χ3v) is 2.37. The first-order valence-electron chi connectivity index (χ1n) is 4.79. The predicted octanol–water partition coefficient (Wildman–Crippen LogP) is 2.03. The highest BCUT2D eigenvalue weighted by Crippen LogP contribution is 2.31. The molecule has 12 heavy (non-hydrogen) atoms. The van der Waals surface area contributed by atoms with Gasteiger partial charge in [-0.1, -0.05) is 13.8 Å². The summed E-state index contributed by atoms with van der Waals surface area (Å²) in [7, 11) is 0. The van der Waals surface area contributed by atoms with Gasteiger partial charge in [-0.25, -0.2) is 0 Å². The Labute approximate surface area is 74.3 Å². The lowest BCUT2D eigenvalue weighted by Gasteiger charge is -2.35. The van der Waals surface area contributed by atoms with Crippen LogP contribution in [0.2, 0.25) is 0 Å². The SMILES string of the molecule is CCO[C@@H]1CC(=O)[C@H]1CC(C)C. The second-order valence-corrected chi connectivity index (χ2v) is 3.90. The van der Waals surface area contributed by atoms with Gasteiger partial charge in [-0.05, 0) is 19.3 Å². The lowest BCUT2D eigenvalue weighted by Crippen LogP contribution is -2.44. The van der Waals surface area contributed by atoms with E-state index < -0.39 is 0 Å². The molecular weight excluding hydrogens is 152 g/mol. The van der Waals surface area contributed by atoms with Gasteiger partial charge in [-0.2, -0.15) is 0 Å². The van der Waals surface area contributed by atoms with Crippen LogP contribution in [0.3, 0.4) is 0 Å². The second kappa shape index (κ2) is 4.04. The van der Waals surface area contributed by atoms with Gasteiger partial charge in [-0.15, -0.1) is 0 Å². The molecule has 0 spiro atoms. The molecular formula is C10H18O2. The summed E-state index contributed by atoms with van der Waals surface area (Å²) in [5, 5.41) is 0. The Morgan fingerprint density at radius 1 is 1.58 bits per heavy atom. The Morgan fingerprint density at radius 2 is 2.25 bits per heavy atom. The topological polar surface area (TPSA) is 26.3 Å². The van der Waals surface area contributed by atoms with E-state index in [1.807, 2.05) is 6.92 Å². The van der Waals surface area contributed by atoms with E-state index in [0.717, 1.165) is 13.0 Å². The van der Waals surface area contributed by atoms with Gasteiger partial charge in [0.2, 0.25) is 0 Å². The summed E-state index contributed by atoms with van der Waals surface area (Å²) < 4.78 is 5.44. The van der Waals surface area contributed by atoms with Crippen LogP contribution in [0.25, 0.3) is 0 Å². The van der Waals surface area contributed by atoms with Gasteiger partial charge in [0.25, 0.3) is 0 Å². The van der Waals surface area contributed by atoms with Crippen molar-refractivity contribution in [2.24, 2.45) is 11.8 Å². The number of rotatable bonds is 4. The zero-order chi connectivity index (χ0) is 9.14. The van der Waals surface area contributed by atoms with Gasteiger partial charge >= 0.3 is 0 Å². The van der Waals surface area contributed by atoms with Crippen molar-refractivity contribution in [3.05, 3.63) is 0 Å². The van der Waals surface area contributed by atoms with Crippen molar-refractivity contribution in [3.8, 4) is 0 Å². The largest absolute Gasteiger partial charge is 0.377 e. The first-order valence-corrected chi connectivity index (χ1v) is 4.79. The summed E-state index contributed by atoms with van der Waals surface area (Å²) >= 11 is 0. The molecule has 0 amide bonds. The molecule has 1 fully saturated rings. The molecule has 0 aromatic carbocycles. The molecule has 0 aromatic rings. The molecule has 0 N–H and O–H groups in total. The maximum Gasteiger partial charge on any atom is 0.141 e. The highest BCUT2D eigenvalue weighted by Gasteiger charge is 2.40. The normalized spacial score (nSPS) is 29.2. The van der Waals surface area contributed by atoms with Crippen molar-refractivity contribution in [1.29, 1.82) is 0 Å². The molecule has 2 nitrogen and oxygen atoms in total. The van der Waals surface area contributed by atoms with Crippen molar-refractivity contribution in [1.82, 2.24) is 0 Å². The average Bonchev–Trinajstić information content (AvgIpc) is 2.00. The molecule has 0 saturated heterocycles. The molecule has 0 radical (unpaired) electrons. The van der Waals surface area contributed by atoms with E-state index in [1.54, 1.807) is 0 Å². The van der Waals surface area contributed by atoms with Crippen molar-refractivity contribution in [3.63, 3.8) is 0 Å². The van der Waals surface area contributed by atoms with E-state index in [4.69, 9.17) is 4.74 Å². The zero-order valence-corrected chi connectivity index (χ0v) is 8.17. The standard InChI is InChI=1S/C10H18O2/c1-4-12-10-6-9(11)8(10)5-7(2)3/h7-8,10H,4-6H2,1-3H3/t8-,10-/m1/s1. The smallest absolute Gasteiger partial charge is 0.141 e. The number of ketones is 1. The fourth-order valence-electron chi connectivity index (χ4n) is 1.72. The lowest BCUT2D eigenvalue weighted by atomic mass is 9.75. The Bertz CT molecular complexity index is 163. The molecule has 1 aliphatic carbocycles. The van der Waals surface area contributed by atoms with Crippen molar-refractivity contribution in [2.45, 2.75) is 39.7 Å². The summed E-state index contributed by atoms with van der Waals surface area (Å²) in [5.41, 5.74) is 0. The first kappa shape index (κ1) is 9.72. The van der Waals surface area contributed by atoms with E-state index in [0.29, 0.717) is 18.1 Å². The Balaban J connectivity index is 2.34. The van der Waals surface area contributed by atoms with E-state index in [-0.39, 0.29) is 12.0 Å². The molecule has 2 heteroatoms. The summed E-state index contributed by atoms with van der Waals surface area (Å²) in [4.78, 5) is 11.2. The highest BCUT2D eigenvalue weighted by molar-refractivity contribution is 5.88. The third-order valence-electron chi connectivity index (χ3n) is 2.37. The van der Waals surface area contributed by atoms with Crippen molar-refractivity contribution < 1.29 is 9.53 Å². The Morgan fingerprint density at radius 3 is 2.67 bits per heavy atom. The minimum Gasteiger partial charge on any atom is -0.377 e. The van der Waals surface area contributed by atoms with Crippen LogP contribution in [-0.2, 0) is 9.53 Å². The summed E-state index contributed by atoms with van der Waals surface area (Å²) in [6.07, 6.45) is 1.86. The van der Waals surface area contributed by atoms with Crippen molar-refractivity contribution in [2.75, 3.05) is 6.61 Å². The first-order chi connectivity index (χ1) is 5.65. The lowest BCUT2D eigenvalue weighted by molar-refractivity contribution is -0.146. The monoisotopic (exact) mass is 170 g/mol. The number of Topliss-reactive ketones (excluding diaryl/α,β-unsaturated/α-hetero) is 1. The van der Waals surface area contributed by atoms with Gasteiger partial charge in [0.1, 0.15) is 5.78 Å². The van der Waals surface area contributed by atoms with E-state index in [2.05, 4.69) is 13.8 Å². The van der Waals surface area contributed by atoms with Crippen LogP contribution in [0.4, 0.5) is 0 Å². The number of ether oxygens (including phenoxy) is 1. The van der Waals surface area contributed by atoms with Gasteiger partial charge in [-0.3, -0.25) is 4.79 Å². The van der Waals surface area contributed by atoms with Crippen LogP contribution in [0, 0.1) is 11.8 Å². The van der Waals surface area contributed by atoms with E-state index >= 15 is 0 Å². The molecule has 0 bridgehead atoms.